The fourth-order valence-electron chi connectivity index (χ4n) is 3.33. The molecule has 176 valence electrons. The fraction of sp³-hybridized carbons (Fsp3) is 0.682. The van der Waals surface area contributed by atoms with Gasteiger partial charge in [0, 0.05) is 6.42 Å². The molecule has 5 unspecified atom stereocenters. The van der Waals surface area contributed by atoms with Gasteiger partial charge in [-0.1, -0.05) is 45.9 Å². The first-order valence-electron chi connectivity index (χ1n) is 10.6. The van der Waals surface area contributed by atoms with Gasteiger partial charge in [0.2, 0.25) is 0 Å². The lowest BCUT2D eigenvalue weighted by atomic mass is 9.94. The van der Waals surface area contributed by atoms with Crippen molar-refractivity contribution in [1.82, 2.24) is 0 Å². The second-order valence-corrected chi connectivity index (χ2v) is 8.20. The second kappa shape index (κ2) is 11.8. The van der Waals surface area contributed by atoms with Gasteiger partial charge < -0.3 is 39.4 Å². The highest BCUT2D eigenvalue weighted by molar-refractivity contribution is 5.66. The van der Waals surface area contributed by atoms with Gasteiger partial charge in [-0.3, -0.25) is 0 Å². The summed E-state index contributed by atoms with van der Waals surface area (Å²) in [5.41, 5.74) is 1.85. The molecule has 1 heterocycles. The van der Waals surface area contributed by atoms with Crippen LogP contribution < -0.4 is 4.74 Å². The third-order valence-electron chi connectivity index (χ3n) is 5.14. The molecule has 9 nitrogen and oxygen atoms in total. The van der Waals surface area contributed by atoms with Gasteiger partial charge in [-0.2, -0.15) is 0 Å². The van der Waals surface area contributed by atoms with Gasteiger partial charge in [0.1, 0.15) is 30.2 Å². The maximum atomic E-state index is 12.2. The van der Waals surface area contributed by atoms with E-state index in [0.29, 0.717) is 5.75 Å². The van der Waals surface area contributed by atoms with Crippen molar-refractivity contribution in [2.24, 2.45) is 0 Å². The molecule has 9 heteroatoms. The Morgan fingerprint density at radius 3 is 2.16 bits per heavy atom. The SMILES string of the molecule is CC(C)c1cccc(C(C)C)c1OC(=O)OCCCOC1OC(CO)C(O)C(O)C1O. The van der Waals surface area contributed by atoms with Gasteiger partial charge in [0.05, 0.1) is 19.8 Å². The monoisotopic (exact) mass is 442 g/mol. The summed E-state index contributed by atoms with van der Waals surface area (Å²) in [6, 6.07) is 5.79. The number of aliphatic hydroxyl groups is 4. The Morgan fingerprint density at radius 2 is 1.61 bits per heavy atom. The number of aliphatic hydroxyl groups excluding tert-OH is 4. The van der Waals surface area contributed by atoms with Crippen LogP contribution in [0.2, 0.25) is 0 Å². The molecule has 0 spiro atoms. The highest BCUT2D eigenvalue weighted by Gasteiger charge is 2.43. The van der Waals surface area contributed by atoms with E-state index in [0.717, 1.165) is 11.1 Å². The summed E-state index contributed by atoms with van der Waals surface area (Å²) in [7, 11) is 0. The number of rotatable bonds is 9. The summed E-state index contributed by atoms with van der Waals surface area (Å²) >= 11 is 0. The second-order valence-electron chi connectivity index (χ2n) is 8.20. The summed E-state index contributed by atoms with van der Waals surface area (Å²) < 4.78 is 21.3. The minimum Gasteiger partial charge on any atom is -0.434 e. The minimum absolute atomic E-state index is 0.0110. The van der Waals surface area contributed by atoms with Crippen LogP contribution in [-0.2, 0) is 14.2 Å². The van der Waals surface area contributed by atoms with Gasteiger partial charge in [-0.05, 0) is 23.0 Å². The third kappa shape index (κ3) is 6.61. The van der Waals surface area contributed by atoms with Crippen molar-refractivity contribution in [3.63, 3.8) is 0 Å². The van der Waals surface area contributed by atoms with Crippen LogP contribution in [0.1, 0.15) is 57.1 Å². The van der Waals surface area contributed by atoms with E-state index in [1.165, 1.54) is 0 Å². The van der Waals surface area contributed by atoms with E-state index in [9.17, 15) is 25.2 Å². The third-order valence-corrected chi connectivity index (χ3v) is 5.14. The Hall–Kier alpha value is -1.75. The standard InChI is InChI=1S/C22H34O9/c1-12(2)14-7-5-8-15(13(3)4)20(14)31-22(27)29-10-6-9-28-21-19(26)18(25)17(24)16(11-23)30-21/h5,7-8,12-13,16-19,21,23-26H,6,9-11H2,1-4H3. The molecule has 1 fully saturated rings. The lowest BCUT2D eigenvalue weighted by Gasteiger charge is -2.39. The Balaban J connectivity index is 1.82. The number of para-hydroxylation sites is 1. The van der Waals surface area contributed by atoms with Crippen LogP contribution in [0.25, 0.3) is 0 Å². The van der Waals surface area contributed by atoms with E-state index in [1.807, 2.05) is 45.9 Å². The first-order valence-corrected chi connectivity index (χ1v) is 10.6. The van der Waals surface area contributed by atoms with Gasteiger partial charge in [0.15, 0.2) is 6.29 Å². The highest BCUT2D eigenvalue weighted by atomic mass is 16.7. The first kappa shape index (κ1) is 25.5. The van der Waals surface area contributed by atoms with Gasteiger partial charge in [-0.15, -0.1) is 0 Å². The first-order chi connectivity index (χ1) is 14.7. The Bertz CT molecular complexity index is 678. The Labute approximate surface area is 182 Å². The van der Waals surface area contributed by atoms with Crippen molar-refractivity contribution in [3.8, 4) is 5.75 Å². The zero-order chi connectivity index (χ0) is 23.1. The maximum Gasteiger partial charge on any atom is 0.513 e. The van der Waals surface area contributed by atoms with Crippen molar-refractivity contribution < 1.29 is 44.2 Å². The molecule has 1 aromatic carbocycles. The summed E-state index contributed by atoms with van der Waals surface area (Å²) in [6.07, 6.45) is -7.19. The predicted molar refractivity (Wildman–Crippen MR) is 111 cm³/mol. The minimum atomic E-state index is -1.50. The summed E-state index contributed by atoms with van der Waals surface area (Å²) in [5.74, 6) is 0.872. The van der Waals surface area contributed by atoms with Crippen LogP contribution in [0, 0.1) is 0 Å². The van der Waals surface area contributed by atoms with Crippen molar-refractivity contribution >= 4 is 6.16 Å². The molecule has 0 radical (unpaired) electrons. The number of benzene rings is 1. The molecule has 1 aliphatic heterocycles. The molecular weight excluding hydrogens is 408 g/mol. The molecule has 0 aromatic heterocycles. The molecule has 31 heavy (non-hydrogen) atoms. The Kier molecular flexibility index (Phi) is 9.67. The van der Waals surface area contributed by atoms with Crippen molar-refractivity contribution in [2.45, 2.75) is 76.7 Å². The number of carbonyl (C=O) groups excluding carboxylic acids is 1. The van der Waals surface area contributed by atoms with Gasteiger partial charge in [-0.25, -0.2) is 4.79 Å². The highest BCUT2D eigenvalue weighted by Crippen LogP contribution is 2.34. The smallest absolute Gasteiger partial charge is 0.434 e. The van der Waals surface area contributed by atoms with E-state index in [1.54, 1.807) is 0 Å². The van der Waals surface area contributed by atoms with Crippen LogP contribution in [0.4, 0.5) is 4.79 Å². The van der Waals surface area contributed by atoms with Crippen molar-refractivity contribution in [3.05, 3.63) is 29.3 Å². The lowest BCUT2D eigenvalue weighted by molar-refractivity contribution is -0.301. The molecule has 0 bridgehead atoms. The molecule has 5 atom stereocenters. The molecular formula is C22H34O9. The van der Waals surface area contributed by atoms with Gasteiger partial charge in [0.25, 0.3) is 0 Å². The van der Waals surface area contributed by atoms with Crippen molar-refractivity contribution in [2.75, 3.05) is 19.8 Å². The number of hydrogen-bond donors (Lipinski definition) is 4. The summed E-state index contributed by atoms with van der Waals surface area (Å²) in [5, 5.41) is 38.6. The molecule has 2 rings (SSSR count). The molecule has 4 N–H and O–H groups in total. The zero-order valence-electron chi connectivity index (χ0n) is 18.4. The lowest BCUT2D eigenvalue weighted by Crippen LogP contribution is -2.59. The van der Waals surface area contributed by atoms with Crippen LogP contribution in [0.3, 0.4) is 0 Å². The zero-order valence-corrected chi connectivity index (χ0v) is 18.4. The maximum absolute atomic E-state index is 12.2. The number of ether oxygens (including phenoxy) is 4. The number of hydrogen-bond acceptors (Lipinski definition) is 9. The topological polar surface area (TPSA) is 135 Å². The average molecular weight is 443 g/mol. The normalized spacial score (nSPS) is 26.3. The van der Waals surface area contributed by atoms with E-state index in [-0.39, 0.29) is 31.5 Å². The molecule has 1 aliphatic rings. The van der Waals surface area contributed by atoms with E-state index < -0.39 is 43.5 Å². The van der Waals surface area contributed by atoms with Gasteiger partial charge >= 0.3 is 6.16 Å². The summed E-state index contributed by atoms with van der Waals surface area (Å²) in [6.45, 7) is 7.62. The van der Waals surface area contributed by atoms with Crippen LogP contribution in [-0.4, -0.2) is 77.1 Å². The Morgan fingerprint density at radius 1 is 1.00 bits per heavy atom. The van der Waals surface area contributed by atoms with Crippen LogP contribution in [0.5, 0.6) is 5.75 Å². The molecule has 1 saturated heterocycles. The van der Waals surface area contributed by atoms with Crippen LogP contribution >= 0.6 is 0 Å². The molecule has 0 amide bonds. The summed E-state index contributed by atoms with van der Waals surface area (Å²) in [4.78, 5) is 12.2. The van der Waals surface area contributed by atoms with E-state index in [4.69, 9.17) is 18.9 Å². The van der Waals surface area contributed by atoms with E-state index >= 15 is 0 Å². The largest absolute Gasteiger partial charge is 0.513 e. The molecule has 1 aromatic rings. The van der Waals surface area contributed by atoms with E-state index in [2.05, 4.69) is 0 Å². The molecule has 0 saturated carbocycles. The quantitative estimate of drug-likeness (QED) is 0.256. The van der Waals surface area contributed by atoms with Crippen LogP contribution in [0.15, 0.2) is 18.2 Å². The number of carbonyl (C=O) groups is 1. The fourth-order valence-corrected chi connectivity index (χ4v) is 3.33. The average Bonchev–Trinajstić information content (AvgIpc) is 2.73. The predicted octanol–water partition coefficient (Wildman–Crippen LogP) is 1.66. The molecule has 0 aliphatic carbocycles. The van der Waals surface area contributed by atoms with Crippen molar-refractivity contribution in [1.29, 1.82) is 0 Å².